The lowest BCUT2D eigenvalue weighted by Gasteiger charge is -2.17. The second-order valence-electron chi connectivity index (χ2n) is 4.69. The van der Waals surface area contributed by atoms with Crippen LogP contribution in [-0.2, 0) is 14.3 Å². The molecule has 1 atom stereocenters. The number of esters is 1. The first kappa shape index (κ1) is 19.8. The highest BCUT2D eigenvalue weighted by atomic mass is 19.4. The molecule has 0 saturated carbocycles. The van der Waals surface area contributed by atoms with E-state index >= 15 is 0 Å². The zero-order valence-corrected chi connectivity index (χ0v) is 13.4. The summed E-state index contributed by atoms with van der Waals surface area (Å²) in [5.74, 6) is -1.60. The summed E-state index contributed by atoms with van der Waals surface area (Å²) in [6, 6.07) is 3.63. The number of carbonyl (C=O) groups is 2. The van der Waals surface area contributed by atoms with Crippen molar-refractivity contribution in [2.24, 2.45) is 0 Å². The van der Waals surface area contributed by atoms with Gasteiger partial charge in [0.25, 0.3) is 5.91 Å². The molecule has 0 heterocycles. The Hall–Kier alpha value is -2.29. The van der Waals surface area contributed by atoms with Gasteiger partial charge in [-0.3, -0.25) is 4.79 Å². The highest BCUT2D eigenvalue weighted by molar-refractivity contribution is 5.97. The highest BCUT2D eigenvalue weighted by Crippen LogP contribution is 2.28. The van der Waals surface area contributed by atoms with E-state index in [4.69, 9.17) is 4.74 Å². The number of halogens is 3. The van der Waals surface area contributed by atoms with Crippen molar-refractivity contribution in [3.05, 3.63) is 23.8 Å². The SMILES string of the molecule is CCO[C@@H](C)C(=O)Nc1ccc(C(=O)OC)cc1OCC(F)(F)F. The van der Waals surface area contributed by atoms with Gasteiger partial charge in [-0.25, -0.2) is 4.79 Å². The van der Waals surface area contributed by atoms with Gasteiger partial charge in [0.2, 0.25) is 0 Å². The molecule has 0 radical (unpaired) electrons. The van der Waals surface area contributed by atoms with Crippen molar-refractivity contribution in [1.29, 1.82) is 0 Å². The molecular formula is C15H18F3NO5. The summed E-state index contributed by atoms with van der Waals surface area (Å²) in [6.07, 6.45) is -5.37. The summed E-state index contributed by atoms with van der Waals surface area (Å²) in [6.45, 7) is 1.93. The number of amides is 1. The van der Waals surface area contributed by atoms with Gasteiger partial charge in [0.15, 0.2) is 6.61 Å². The number of ether oxygens (including phenoxy) is 3. The molecule has 24 heavy (non-hydrogen) atoms. The van der Waals surface area contributed by atoms with E-state index in [1.165, 1.54) is 19.1 Å². The molecule has 0 aliphatic rings. The lowest BCUT2D eigenvalue weighted by Crippen LogP contribution is -2.28. The first-order valence-electron chi connectivity index (χ1n) is 7.02. The number of nitrogens with one attached hydrogen (secondary N) is 1. The number of carbonyl (C=O) groups excluding carboxylic acids is 2. The van der Waals surface area contributed by atoms with E-state index in [0.717, 1.165) is 13.2 Å². The Kier molecular flexibility index (Phi) is 7.02. The van der Waals surface area contributed by atoms with Gasteiger partial charge < -0.3 is 19.5 Å². The number of methoxy groups -OCH3 is 1. The Bertz CT molecular complexity index is 589. The van der Waals surface area contributed by atoms with Crippen LogP contribution in [0.4, 0.5) is 18.9 Å². The Balaban J connectivity index is 3.04. The van der Waals surface area contributed by atoms with Crippen LogP contribution in [-0.4, -0.2) is 44.5 Å². The van der Waals surface area contributed by atoms with E-state index in [0.29, 0.717) is 6.61 Å². The van der Waals surface area contributed by atoms with Crippen LogP contribution in [0.3, 0.4) is 0 Å². The van der Waals surface area contributed by atoms with Gasteiger partial charge >= 0.3 is 12.1 Å². The van der Waals surface area contributed by atoms with Crippen molar-refractivity contribution in [2.45, 2.75) is 26.1 Å². The zero-order chi connectivity index (χ0) is 18.3. The molecule has 0 saturated heterocycles. The van der Waals surface area contributed by atoms with Gasteiger partial charge in [-0.1, -0.05) is 0 Å². The first-order valence-corrected chi connectivity index (χ1v) is 7.02. The molecule has 0 aromatic heterocycles. The van der Waals surface area contributed by atoms with Crippen LogP contribution in [0.15, 0.2) is 18.2 Å². The number of alkyl halides is 3. The van der Waals surface area contributed by atoms with Crippen molar-refractivity contribution >= 4 is 17.6 Å². The van der Waals surface area contributed by atoms with Crippen molar-refractivity contribution in [3.63, 3.8) is 0 Å². The Morgan fingerprint density at radius 1 is 1.29 bits per heavy atom. The molecular weight excluding hydrogens is 331 g/mol. The summed E-state index contributed by atoms with van der Waals surface area (Å²) in [4.78, 5) is 23.4. The molecule has 9 heteroatoms. The van der Waals surface area contributed by atoms with Gasteiger partial charge in [-0.05, 0) is 32.0 Å². The average molecular weight is 349 g/mol. The number of hydrogen-bond acceptors (Lipinski definition) is 5. The smallest absolute Gasteiger partial charge is 0.422 e. The average Bonchev–Trinajstić information content (AvgIpc) is 2.52. The number of anilines is 1. The summed E-state index contributed by atoms with van der Waals surface area (Å²) in [5, 5.41) is 2.41. The lowest BCUT2D eigenvalue weighted by molar-refractivity contribution is -0.153. The molecule has 1 N–H and O–H groups in total. The molecule has 0 fully saturated rings. The third-order valence-corrected chi connectivity index (χ3v) is 2.84. The minimum atomic E-state index is -4.57. The van der Waals surface area contributed by atoms with E-state index in [2.05, 4.69) is 14.8 Å². The van der Waals surface area contributed by atoms with E-state index in [9.17, 15) is 22.8 Å². The second kappa shape index (κ2) is 8.53. The van der Waals surface area contributed by atoms with E-state index in [1.54, 1.807) is 6.92 Å². The number of rotatable bonds is 7. The van der Waals surface area contributed by atoms with Crippen molar-refractivity contribution in [1.82, 2.24) is 0 Å². The lowest BCUT2D eigenvalue weighted by atomic mass is 10.2. The fourth-order valence-electron chi connectivity index (χ4n) is 1.71. The fraction of sp³-hybridized carbons (Fsp3) is 0.467. The Morgan fingerprint density at radius 3 is 2.50 bits per heavy atom. The zero-order valence-electron chi connectivity index (χ0n) is 13.4. The van der Waals surface area contributed by atoms with Gasteiger partial charge in [0, 0.05) is 6.61 Å². The summed E-state index contributed by atoms with van der Waals surface area (Å²) in [5.41, 5.74) is -0.0195. The molecule has 0 aliphatic heterocycles. The second-order valence-corrected chi connectivity index (χ2v) is 4.69. The van der Waals surface area contributed by atoms with Crippen LogP contribution < -0.4 is 10.1 Å². The largest absolute Gasteiger partial charge is 0.482 e. The molecule has 1 rings (SSSR count). The van der Waals surface area contributed by atoms with Crippen LogP contribution in [0.5, 0.6) is 5.75 Å². The maximum Gasteiger partial charge on any atom is 0.422 e. The van der Waals surface area contributed by atoms with E-state index in [1.807, 2.05) is 0 Å². The Morgan fingerprint density at radius 2 is 1.96 bits per heavy atom. The van der Waals surface area contributed by atoms with Gasteiger partial charge in [-0.15, -0.1) is 0 Å². The minimum absolute atomic E-state index is 0.00877. The summed E-state index contributed by atoms with van der Waals surface area (Å²) >= 11 is 0. The fourth-order valence-corrected chi connectivity index (χ4v) is 1.71. The number of hydrogen-bond donors (Lipinski definition) is 1. The Labute approximate surface area is 136 Å². The highest BCUT2D eigenvalue weighted by Gasteiger charge is 2.29. The quantitative estimate of drug-likeness (QED) is 0.766. The van der Waals surface area contributed by atoms with Crippen LogP contribution in [0.25, 0.3) is 0 Å². The van der Waals surface area contributed by atoms with Crippen LogP contribution in [0.2, 0.25) is 0 Å². The van der Waals surface area contributed by atoms with E-state index in [-0.39, 0.29) is 17.0 Å². The third-order valence-electron chi connectivity index (χ3n) is 2.84. The third kappa shape index (κ3) is 6.07. The topological polar surface area (TPSA) is 73.9 Å². The molecule has 0 spiro atoms. The van der Waals surface area contributed by atoms with Crippen molar-refractivity contribution < 1.29 is 37.0 Å². The summed E-state index contributed by atoms with van der Waals surface area (Å²) < 4.78 is 51.4. The number of benzene rings is 1. The van der Waals surface area contributed by atoms with Crippen LogP contribution >= 0.6 is 0 Å². The predicted molar refractivity (Wildman–Crippen MR) is 79.0 cm³/mol. The molecule has 1 aromatic carbocycles. The maximum absolute atomic E-state index is 12.4. The molecule has 134 valence electrons. The summed E-state index contributed by atoms with van der Waals surface area (Å²) in [7, 11) is 1.14. The molecule has 0 aliphatic carbocycles. The molecule has 1 aromatic rings. The van der Waals surface area contributed by atoms with Gasteiger partial charge in [0.1, 0.15) is 11.9 Å². The van der Waals surface area contributed by atoms with Gasteiger partial charge in [0.05, 0.1) is 18.4 Å². The molecule has 0 unspecified atom stereocenters. The monoisotopic (exact) mass is 349 g/mol. The van der Waals surface area contributed by atoms with E-state index < -0.39 is 30.8 Å². The van der Waals surface area contributed by atoms with Crippen molar-refractivity contribution in [2.75, 3.05) is 25.6 Å². The minimum Gasteiger partial charge on any atom is -0.482 e. The normalized spacial score (nSPS) is 12.4. The predicted octanol–water partition coefficient (Wildman–Crippen LogP) is 2.78. The van der Waals surface area contributed by atoms with Gasteiger partial charge in [-0.2, -0.15) is 13.2 Å². The molecule has 1 amide bonds. The van der Waals surface area contributed by atoms with Crippen LogP contribution in [0, 0.1) is 0 Å². The maximum atomic E-state index is 12.4. The van der Waals surface area contributed by atoms with Crippen molar-refractivity contribution in [3.8, 4) is 5.75 Å². The standard InChI is InChI=1S/C15H18F3NO5/c1-4-23-9(2)13(20)19-11-6-5-10(14(21)22-3)7-12(11)24-8-15(16,17)18/h5-7,9H,4,8H2,1-3H3,(H,19,20)/t9-/m0/s1. The first-order chi connectivity index (χ1) is 11.2. The molecule has 6 nitrogen and oxygen atoms in total. The molecule has 0 bridgehead atoms. The van der Waals surface area contributed by atoms with Crippen LogP contribution in [0.1, 0.15) is 24.2 Å².